The van der Waals surface area contributed by atoms with Gasteiger partial charge in [-0.05, 0) is 39.3 Å². The molecule has 0 aromatic heterocycles. The summed E-state index contributed by atoms with van der Waals surface area (Å²) in [5.74, 6) is -0.739. The average Bonchev–Trinajstić information content (AvgIpc) is 3.00. The number of ether oxygens (including phenoxy) is 1. The van der Waals surface area contributed by atoms with Crippen molar-refractivity contribution < 1.29 is 24.2 Å². The highest BCUT2D eigenvalue weighted by molar-refractivity contribution is 6.21. The van der Waals surface area contributed by atoms with Gasteiger partial charge in [0.15, 0.2) is 0 Å². The molecule has 3 rings (SSSR count). The number of fused-ring (bicyclic) bond motifs is 1. The summed E-state index contributed by atoms with van der Waals surface area (Å²) in [5, 5.41) is 9.96. The fraction of sp³-hybridized carbons (Fsp3) is 0.500. The molecule has 134 valence electrons. The Bertz CT molecular complexity index is 689. The van der Waals surface area contributed by atoms with E-state index in [9.17, 15) is 19.5 Å². The zero-order chi connectivity index (χ0) is 18.4. The number of hydrogen-bond donors (Lipinski definition) is 1. The van der Waals surface area contributed by atoms with Gasteiger partial charge < -0.3 is 14.7 Å². The minimum Gasteiger partial charge on any atom is -0.444 e. The summed E-state index contributed by atoms with van der Waals surface area (Å²) in [4.78, 5) is 39.9. The van der Waals surface area contributed by atoms with Crippen LogP contribution < -0.4 is 0 Å². The number of imide groups is 1. The number of hydrogen-bond acceptors (Lipinski definition) is 5. The smallest absolute Gasteiger partial charge is 0.410 e. The summed E-state index contributed by atoms with van der Waals surface area (Å²) >= 11 is 0. The first-order valence-corrected chi connectivity index (χ1v) is 8.30. The van der Waals surface area contributed by atoms with Gasteiger partial charge in [0, 0.05) is 0 Å². The van der Waals surface area contributed by atoms with E-state index in [1.54, 1.807) is 45.0 Å². The lowest BCUT2D eigenvalue weighted by Gasteiger charge is -2.30. The third-order valence-corrected chi connectivity index (χ3v) is 4.29. The largest absolute Gasteiger partial charge is 0.444 e. The molecule has 7 nitrogen and oxygen atoms in total. The molecule has 2 heterocycles. The molecule has 1 aromatic carbocycles. The Labute approximate surface area is 146 Å². The second-order valence-electron chi connectivity index (χ2n) is 7.44. The number of rotatable bonds is 2. The fourth-order valence-corrected chi connectivity index (χ4v) is 3.22. The Morgan fingerprint density at radius 3 is 2.28 bits per heavy atom. The molecule has 1 saturated heterocycles. The summed E-state index contributed by atoms with van der Waals surface area (Å²) < 4.78 is 5.37. The van der Waals surface area contributed by atoms with Crippen molar-refractivity contribution in [3.05, 3.63) is 35.4 Å². The summed E-state index contributed by atoms with van der Waals surface area (Å²) in [6.45, 7) is 5.45. The monoisotopic (exact) mass is 346 g/mol. The van der Waals surface area contributed by atoms with Crippen molar-refractivity contribution in [2.45, 2.75) is 44.9 Å². The first-order valence-electron chi connectivity index (χ1n) is 8.30. The Morgan fingerprint density at radius 1 is 1.20 bits per heavy atom. The number of carbonyl (C=O) groups excluding carboxylic acids is 3. The molecule has 0 aliphatic carbocycles. The number of aliphatic hydroxyl groups is 1. The van der Waals surface area contributed by atoms with Gasteiger partial charge in [-0.1, -0.05) is 12.1 Å². The highest BCUT2D eigenvalue weighted by Crippen LogP contribution is 2.27. The van der Waals surface area contributed by atoms with Crippen LogP contribution in [0.3, 0.4) is 0 Å². The minimum atomic E-state index is -0.701. The van der Waals surface area contributed by atoms with Crippen molar-refractivity contribution in [1.82, 2.24) is 9.80 Å². The topological polar surface area (TPSA) is 87.2 Å². The van der Waals surface area contributed by atoms with E-state index in [1.807, 2.05) is 0 Å². The molecule has 0 bridgehead atoms. The van der Waals surface area contributed by atoms with E-state index < -0.39 is 23.8 Å². The third-order valence-electron chi connectivity index (χ3n) is 4.29. The molecule has 1 unspecified atom stereocenters. The lowest BCUT2D eigenvalue weighted by atomic mass is 10.1. The van der Waals surface area contributed by atoms with Crippen LogP contribution in [0.15, 0.2) is 24.3 Å². The van der Waals surface area contributed by atoms with Crippen molar-refractivity contribution in [2.24, 2.45) is 0 Å². The average molecular weight is 346 g/mol. The molecule has 1 aromatic rings. The SMILES string of the molecule is CC(C)(C)OC(=O)N1C[C@H](O)CC1CN1C(=O)c2ccccc2C1=O. The van der Waals surface area contributed by atoms with Crippen LogP contribution in [0.5, 0.6) is 0 Å². The van der Waals surface area contributed by atoms with Crippen LogP contribution in [0.25, 0.3) is 0 Å². The van der Waals surface area contributed by atoms with E-state index in [4.69, 9.17) is 4.74 Å². The van der Waals surface area contributed by atoms with Gasteiger partial charge in [0.05, 0.1) is 36.4 Å². The van der Waals surface area contributed by atoms with Gasteiger partial charge in [0.1, 0.15) is 5.60 Å². The van der Waals surface area contributed by atoms with Crippen LogP contribution in [0, 0.1) is 0 Å². The van der Waals surface area contributed by atoms with Crippen LogP contribution in [-0.4, -0.2) is 63.7 Å². The van der Waals surface area contributed by atoms with E-state index in [-0.39, 0.29) is 24.9 Å². The van der Waals surface area contributed by atoms with Crippen molar-refractivity contribution in [2.75, 3.05) is 13.1 Å². The second-order valence-corrected chi connectivity index (χ2v) is 7.44. The molecule has 1 N–H and O–H groups in total. The number of likely N-dealkylation sites (tertiary alicyclic amines) is 1. The van der Waals surface area contributed by atoms with E-state index in [2.05, 4.69) is 0 Å². The standard InChI is InChI=1S/C18H22N2O5/c1-18(2,3)25-17(24)19-10-12(21)8-11(19)9-20-15(22)13-6-4-5-7-14(13)16(20)23/h4-7,11-12,21H,8-10H2,1-3H3/t11?,12-/m1/s1. The summed E-state index contributed by atoms with van der Waals surface area (Å²) in [7, 11) is 0. The lowest BCUT2D eigenvalue weighted by molar-refractivity contribution is 0.0177. The molecule has 25 heavy (non-hydrogen) atoms. The predicted molar refractivity (Wildman–Crippen MR) is 89.2 cm³/mol. The van der Waals surface area contributed by atoms with Crippen LogP contribution in [0.2, 0.25) is 0 Å². The molecule has 7 heteroatoms. The summed E-state index contributed by atoms with van der Waals surface area (Å²) in [6, 6.07) is 6.18. The zero-order valence-corrected chi connectivity index (χ0v) is 14.6. The van der Waals surface area contributed by atoms with E-state index in [0.29, 0.717) is 17.5 Å². The lowest BCUT2D eigenvalue weighted by Crippen LogP contribution is -2.46. The highest BCUT2D eigenvalue weighted by Gasteiger charge is 2.42. The zero-order valence-electron chi connectivity index (χ0n) is 14.6. The molecule has 0 spiro atoms. The second kappa shape index (κ2) is 6.15. The van der Waals surface area contributed by atoms with Crippen LogP contribution in [0.1, 0.15) is 47.9 Å². The number of carbonyl (C=O) groups is 3. The summed E-state index contributed by atoms with van der Waals surface area (Å²) in [6.07, 6.45) is -0.953. The fourth-order valence-electron chi connectivity index (χ4n) is 3.22. The molecule has 0 radical (unpaired) electrons. The first kappa shape index (κ1) is 17.4. The van der Waals surface area contributed by atoms with E-state index in [0.717, 1.165) is 4.90 Å². The normalized spacial score (nSPS) is 23.2. The molecule has 2 aliphatic rings. The van der Waals surface area contributed by atoms with Gasteiger partial charge in [-0.15, -0.1) is 0 Å². The Hall–Kier alpha value is -2.41. The molecule has 2 aliphatic heterocycles. The molecule has 3 amide bonds. The summed E-state index contributed by atoms with van der Waals surface area (Å²) in [5.41, 5.74) is 0.0785. The maximum Gasteiger partial charge on any atom is 0.410 e. The van der Waals surface area contributed by atoms with Crippen LogP contribution in [0.4, 0.5) is 4.79 Å². The highest BCUT2D eigenvalue weighted by atomic mass is 16.6. The van der Waals surface area contributed by atoms with Gasteiger partial charge in [-0.25, -0.2) is 4.79 Å². The maximum atomic E-state index is 12.5. The van der Waals surface area contributed by atoms with Gasteiger partial charge in [-0.2, -0.15) is 0 Å². The maximum absolute atomic E-state index is 12.5. The minimum absolute atomic E-state index is 0.0443. The third kappa shape index (κ3) is 3.37. The van der Waals surface area contributed by atoms with Gasteiger partial charge in [-0.3, -0.25) is 14.5 Å². The van der Waals surface area contributed by atoms with E-state index >= 15 is 0 Å². The first-order chi connectivity index (χ1) is 11.7. The number of β-amino-alcohol motifs (C(OH)–C–C–N with tert-alkyl or cyclic N) is 1. The van der Waals surface area contributed by atoms with E-state index in [1.165, 1.54) is 4.90 Å². The molecular formula is C18H22N2O5. The van der Waals surface area contributed by atoms with Gasteiger partial charge in [0.2, 0.25) is 0 Å². The number of amides is 3. The number of benzene rings is 1. The van der Waals surface area contributed by atoms with Gasteiger partial charge >= 0.3 is 6.09 Å². The Morgan fingerprint density at radius 2 is 1.76 bits per heavy atom. The van der Waals surface area contributed by atoms with Crippen molar-refractivity contribution >= 4 is 17.9 Å². The number of aliphatic hydroxyl groups excluding tert-OH is 1. The Balaban J connectivity index is 1.76. The molecule has 0 saturated carbocycles. The van der Waals surface area contributed by atoms with Crippen LogP contribution in [-0.2, 0) is 4.74 Å². The quantitative estimate of drug-likeness (QED) is 0.823. The number of nitrogens with zero attached hydrogens (tertiary/aromatic N) is 2. The van der Waals surface area contributed by atoms with Gasteiger partial charge in [0.25, 0.3) is 11.8 Å². The predicted octanol–water partition coefficient (Wildman–Crippen LogP) is 1.65. The van der Waals surface area contributed by atoms with Crippen LogP contribution >= 0.6 is 0 Å². The molecular weight excluding hydrogens is 324 g/mol. The van der Waals surface area contributed by atoms with Crippen molar-refractivity contribution in [1.29, 1.82) is 0 Å². The Kier molecular flexibility index (Phi) is 4.28. The van der Waals surface area contributed by atoms with Crippen molar-refractivity contribution in [3.8, 4) is 0 Å². The molecule has 1 fully saturated rings. The molecule has 2 atom stereocenters. The van der Waals surface area contributed by atoms with Crippen molar-refractivity contribution in [3.63, 3.8) is 0 Å².